The van der Waals surface area contributed by atoms with Crippen LogP contribution in [0.25, 0.3) is 16.9 Å². The number of rotatable bonds is 3. The molecule has 0 fully saturated rings. The van der Waals surface area contributed by atoms with E-state index in [1.165, 1.54) is 11.1 Å². The van der Waals surface area contributed by atoms with Crippen molar-refractivity contribution in [1.82, 2.24) is 9.78 Å². The second-order valence-electron chi connectivity index (χ2n) is 5.83. The highest BCUT2D eigenvalue weighted by Crippen LogP contribution is 2.35. The van der Waals surface area contributed by atoms with Crippen LogP contribution < -0.4 is 10.1 Å². The number of hydrogen-bond acceptors (Lipinski definition) is 3. The Morgan fingerprint density at radius 3 is 2.74 bits per heavy atom. The molecule has 4 nitrogen and oxygen atoms in total. The lowest BCUT2D eigenvalue weighted by molar-refractivity contribution is 0.415. The van der Waals surface area contributed by atoms with Crippen LogP contribution >= 0.6 is 0 Å². The molecule has 0 aliphatic carbocycles. The Morgan fingerprint density at radius 2 is 1.96 bits per heavy atom. The fourth-order valence-electron chi connectivity index (χ4n) is 3.05. The molecule has 0 bridgehead atoms. The summed E-state index contributed by atoms with van der Waals surface area (Å²) >= 11 is 0. The molecular weight excluding hydrogens is 286 g/mol. The number of fused-ring (bicyclic) bond motifs is 1. The number of hydrogen-bond donors (Lipinski definition) is 1. The number of nitrogens with one attached hydrogen (secondary N) is 1. The fraction of sp³-hybridized carbons (Fsp3) is 0.211. The predicted octanol–water partition coefficient (Wildman–Crippen LogP) is 3.82. The van der Waals surface area contributed by atoms with Gasteiger partial charge in [-0.25, -0.2) is 4.68 Å². The summed E-state index contributed by atoms with van der Waals surface area (Å²) in [5, 5.41) is 8.35. The molecule has 0 saturated heterocycles. The van der Waals surface area contributed by atoms with Crippen molar-refractivity contribution in [2.75, 3.05) is 19.0 Å². The molecule has 1 N–H and O–H groups in total. The highest BCUT2D eigenvalue weighted by molar-refractivity contribution is 5.73. The first-order valence-corrected chi connectivity index (χ1v) is 7.83. The lowest BCUT2D eigenvalue weighted by Crippen LogP contribution is -2.04. The minimum absolute atomic E-state index is 0.854. The van der Waals surface area contributed by atoms with Gasteiger partial charge in [0.05, 0.1) is 18.5 Å². The fourth-order valence-corrected chi connectivity index (χ4v) is 3.05. The number of nitrogens with zero attached hydrogens (tertiary/aromatic N) is 2. The number of aromatic nitrogens is 2. The van der Waals surface area contributed by atoms with Crippen LogP contribution in [-0.2, 0) is 6.42 Å². The van der Waals surface area contributed by atoms with E-state index in [0.717, 1.165) is 41.5 Å². The van der Waals surface area contributed by atoms with E-state index in [1.807, 2.05) is 22.9 Å². The number of benzene rings is 2. The molecule has 1 aliphatic heterocycles. The quantitative estimate of drug-likeness (QED) is 0.799. The van der Waals surface area contributed by atoms with Gasteiger partial charge >= 0.3 is 0 Å². The number of aryl methyl sites for hydroxylation is 1. The highest BCUT2D eigenvalue weighted by atomic mass is 16.5. The maximum Gasteiger partial charge on any atom is 0.133 e. The van der Waals surface area contributed by atoms with Crippen molar-refractivity contribution in [3.05, 3.63) is 59.7 Å². The van der Waals surface area contributed by atoms with E-state index in [0.29, 0.717) is 0 Å². The molecule has 2 aromatic carbocycles. The van der Waals surface area contributed by atoms with Gasteiger partial charge in [0.2, 0.25) is 0 Å². The van der Waals surface area contributed by atoms with Crippen molar-refractivity contribution >= 4 is 5.82 Å². The van der Waals surface area contributed by atoms with Gasteiger partial charge < -0.3 is 10.1 Å². The molecule has 0 atom stereocenters. The maximum absolute atomic E-state index is 5.35. The molecule has 0 unspecified atom stereocenters. The number of methoxy groups -OCH3 is 1. The largest absolute Gasteiger partial charge is 0.497 e. The average Bonchev–Trinajstić information content (AvgIpc) is 3.18. The predicted molar refractivity (Wildman–Crippen MR) is 92.5 cm³/mol. The van der Waals surface area contributed by atoms with Gasteiger partial charge in [-0.3, -0.25) is 0 Å². The zero-order valence-corrected chi connectivity index (χ0v) is 13.3. The van der Waals surface area contributed by atoms with Crippen molar-refractivity contribution in [3.8, 4) is 22.7 Å². The first-order chi connectivity index (χ1) is 11.3. The van der Waals surface area contributed by atoms with Gasteiger partial charge in [0.15, 0.2) is 0 Å². The molecule has 1 aromatic heterocycles. The van der Waals surface area contributed by atoms with Crippen LogP contribution in [0.2, 0.25) is 0 Å². The van der Waals surface area contributed by atoms with Crippen LogP contribution in [0.3, 0.4) is 0 Å². The molecule has 4 rings (SSSR count). The van der Waals surface area contributed by atoms with E-state index < -0.39 is 0 Å². The van der Waals surface area contributed by atoms with Gasteiger partial charge in [-0.1, -0.05) is 29.8 Å². The molecule has 116 valence electrons. The Hall–Kier alpha value is -2.75. The van der Waals surface area contributed by atoms with Gasteiger partial charge in [-0.05, 0) is 37.6 Å². The molecule has 0 radical (unpaired) electrons. The molecule has 0 saturated carbocycles. The van der Waals surface area contributed by atoms with Gasteiger partial charge in [-0.15, -0.1) is 0 Å². The minimum atomic E-state index is 0.854. The maximum atomic E-state index is 5.35. The van der Waals surface area contributed by atoms with Crippen molar-refractivity contribution in [1.29, 1.82) is 0 Å². The van der Waals surface area contributed by atoms with Crippen molar-refractivity contribution in [3.63, 3.8) is 0 Å². The Kier molecular flexibility index (Phi) is 3.30. The van der Waals surface area contributed by atoms with Gasteiger partial charge in [0.25, 0.3) is 0 Å². The van der Waals surface area contributed by atoms with Crippen LogP contribution in [-0.4, -0.2) is 23.4 Å². The zero-order chi connectivity index (χ0) is 15.8. The third-order valence-electron chi connectivity index (χ3n) is 4.27. The number of ether oxygens (including phenoxy) is 1. The second kappa shape index (κ2) is 5.47. The minimum Gasteiger partial charge on any atom is -0.497 e. The molecule has 0 amide bonds. The third-order valence-corrected chi connectivity index (χ3v) is 4.27. The Morgan fingerprint density at radius 1 is 1.13 bits per heavy atom. The normalized spacial score (nSPS) is 12.8. The molecule has 3 aromatic rings. The van der Waals surface area contributed by atoms with Crippen LogP contribution in [0.4, 0.5) is 5.82 Å². The summed E-state index contributed by atoms with van der Waals surface area (Å²) in [5.41, 5.74) is 5.73. The standard InChI is InChI=1S/C19H19N3O/c1-13-6-8-15(9-7-13)22-19-17(10-11-20-19)18(21-22)14-4-3-5-16(12-14)23-2/h3-9,12,20H,10-11H2,1-2H3. The Labute approximate surface area is 135 Å². The SMILES string of the molecule is COc1cccc(-c2nn(-c3ccc(C)cc3)c3c2CCN3)c1. The molecule has 0 spiro atoms. The van der Waals surface area contributed by atoms with Gasteiger partial charge in [0.1, 0.15) is 11.6 Å². The lowest BCUT2D eigenvalue weighted by Gasteiger charge is -2.06. The molecule has 4 heteroatoms. The average molecular weight is 305 g/mol. The second-order valence-corrected chi connectivity index (χ2v) is 5.83. The van der Waals surface area contributed by atoms with Crippen LogP contribution in [0.5, 0.6) is 5.75 Å². The topological polar surface area (TPSA) is 39.1 Å². The van der Waals surface area contributed by atoms with Crippen LogP contribution in [0.1, 0.15) is 11.1 Å². The molecule has 2 heterocycles. The van der Waals surface area contributed by atoms with E-state index in [2.05, 4.69) is 42.6 Å². The zero-order valence-electron chi connectivity index (χ0n) is 13.3. The molecule has 23 heavy (non-hydrogen) atoms. The summed E-state index contributed by atoms with van der Waals surface area (Å²) < 4.78 is 7.36. The van der Waals surface area contributed by atoms with E-state index in [-0.39, 0.29) is 0 Å². The molecule has 1 aliphatic rings. The lowest BCUT2D eigenvalue weighted by atomic mass is 10.1. The summed E-state index contributed by atoms with van der Waals surface area (Å²) in [7, 11) is 1.69. The van der Waals surface area contributed by atoms with E-state index in [4.69, 9.17) is 9.84 Å². The monoisotopic (exact) mass is 305 g/mol. The van der Waals surface area contributed by atoms with Crippen molar-refractivity contribution in [2.45, 2.75) is 13.3 Å². The van der Waals surface area contributed by atoms with Crippen LogP contribution in [0.15, 0.2) is 48.5 Å². The summed E-state index contributed by atoms with van der Waals surface area (Å²) in [4.78, 5) is 0. The Bertz CT molecular complexity index is 850. The summed E-state index contributed by atoms with van der Waals surface area (Å²) in [5.74, 6) is 1.96. The van der Waals surface area contributed by atoms with Crippen molar-refractivity contribution < 1.29 is 4.74 Å². The first kappa shape index (κ1) is 13.9. The smallest absolute Gasteiger partial charge is 0.133 e. The molecular formula is C19H19N3O. The first-order valence-electron chi connectivity index (χ1n) is 7.83. The number of anilines is 1. The van der Waals surface area contributed by atoms with Gasteiger partial charge in [-0.2, -0.15) is 5.10 Å². The highest BCUT2D eigenvalue weighted by Gasteiger charge is 2.24. The van der Waals surface area contributed by atoms with E-state index in [9.17, 15) is 0 Å². The van der Waals surface area contributed by atoms with E-state index >= 15 is 0 Å². The van der Waals surface area contributed by atoms with Crippen LogP contribution in [0, 0.1) is 6.92 Å². The van der Waals surface area contributed by atoms with E-state index in [1.54, 1.807) is 7.11 Å². The summed E-state index contributed by atoms with van der Waals surface area (Å²) in [6.07, 6.45) is 0.994. The summed E-state index contributed by atoms with van der Waals surface area (Å²) in [6.45, 7) is 3.05. The summed E-state index contributed by atoms with van der Waals surface area (Å²) in [6, 6.07) is 16.5. The Balaban J connectivity index is 1.86. The van der Waals surface area contributed by atoms with Crippen molar-refractivity contribution in [2.24, 2.45) is 0 Å². The van der Waals surface area contributed by atoms with Gasteiger partial charge in [0, 0.05) is 17.7 Å². The third kappa shape index (κ3) is 2.36.